The smallest absolute Gasteiger partial charge is 0.478 e. The number of amides is 2. The van der Waals surface area contributed by atoms with Gasteiger partial charge in [0, 0.05) is 16.7 Å². The van der Waals surface area contributed by atoms with Crippen LogP contribution >= 0.6 is 11.6 Å². The first-order valence-corrected chi connectivity index (χ1v) is 35.3. The number of hydrogen-bond donors (Lipinski definition) is 4. The van der Waals surface area contributed by atoms with E-state index in [1.54, 1.807) is 106 Å². The third kappa shape index (κ3) is 18.2. The van der Waals surface area contributed by atoms with Crippen molar-refractivity contribution in [3.05, 3.63) is 214 Å². The largest absolute Gasteiger partial charge is 0.586 e. The van der Waals surface area contributed by atoms with Gasteiger partial charge in [-0.3, -0.25) is 14.4 Å². The van der Waals surface area contributed by atoms with Crippen LogP contribution in [0.5, 0.6) is 34.5 Å². The molecule has 3 aliphatic carbocycles. The number of hydrogen-bond acceptors (Lipinski definition) is 18. The van der Waals surface area contributed by atoms with E-state index in [9.17, 15) is 60.2 Å². The van der Waals surface area contributed by atoms with Crippen molar-refractivity contribution in [3.8, 4) is 68.3 Å². The number of anilines is 3. The number of rotatable bonds is 14. The molecule has 0 saturated heterocycles. The average Bonchev–Trinajstić information content (AvgIpc) is 1.60. The van der Waals surface area contributed by atoms with Crippen LogP contribution in [0.1, 0.15) is 158 Å². The van der Waals surface area contributed by atoms with Gasteiger partial charge in [-0.15, -0.1) is 26.3 Å². The summed E-state index contributed by atoms with van der Waals surface area (Å²) in [5.74, 6) is -1.75. The third-order valence-electron chi connectivity index (χ3n) is 18.1. The molecule has 574 valence electrons. The first-order valence-electron chi connectivity index (χ1n) is 34.9. The summed E-state index contributed by atoms with van der Waals surface area (Å²) in [6.07, 6.45) is -7.60. The predicted octanol–water partition coefficient (Wildman–Crippen LogP) is 18.2. The molecule has 110 heavy (non-hydrogen) atoms. The van der Waals surface area contributed by atoms with Gasteiger partial charge < -0.3 is 59.4 Å². The number of halogens is 7. The van der Waals surface area contributed by atoms with E-state index in [2.05, 4.69) is 54.0 Å². The molecular formula is C82H77ClF6N6O15. The van der Waals surface area contributed by atoms with Crippen molar-refractivity contribution >= 4 is 64.0 Å². The summed E-state index contributed by atoms with van der Waals surface area (Å²) >= 11 is 5.51. The number of carboxylic acid groups (broad SMARTS) is 1. The summed E-state index contributed by atoms with van der Waals surface area (Å²) in [7, 11) is 0. The van der Waals surface area contributed by atoms with Crippen LogP contribution < -0.4 is 44.8 Å². The molecule has 6 aliphatic rings. The first kappa shape index (κ1) is 79.3. The molecule has 0 bridgehead atoms. The van der Waals surface area contributed by atoms with E-state index in [0.717, 1.165) is 27.9 Å². The van der Waals surface area contributed by atoms with E-state index in [-0.39, 0.29) is 57.8 Å². The molecule has 9 aromatic rings. The molecule has 0 radical (unpaired) electrons. The van der Waals surface area contributed by atoms with E-state index >= 15 is 0 Å². The van der Waals surface area contributed by atoms with Crippen molar-refractivity contribution in [3.63, 3.8) is 0 Å². The molecule has 5 N–H and O–H groups in total. The van der Waals surface area contributed by atoms with E-state index in [1.165, 1.54) is 48.5 Å². The molecule has 2 amide bonds. The molecule has 3 fully saturated rings. The number of benzene rings is 6. The van der Waals surface area contributed by atoms with Crippen LogP contribution in [0.2, 0.25) is 0 Å². The highest BCUT2D eigenvalue weighted by Gasteiger charge is 2.55. The lowest BCUT2D eigenvalue weighted by molar-refractivity contribution is -0.287. The quantitative estimate of drug-likeness (QED) is 0.0447. The van der Waals surface area contributed by atoms with Gasteiger partial charge in [-0.1, -0.05) is 86.6 Å². The molecule has 0 spiro atoms. The van der Waals surface area contributed by atoms with Crippen LogP contribution in [-0.4, -0.2) is 85.1 Å². The zero-order valence-electron chi connectivity index (χ0n) is 61.6. The molecule has 21 nitrogen and oxygen atoms in total. The minimum Gasteiger partial charge on any atom is -0.478 e. The number of carbonyl (C=O) groups excluding carboxylic acids is 5. The number of carbonyl (C=O) groups is 6. The Kier molecular flexibility index (Phi) is 21.9. The molecule has 6 heterocycles. The Labute approximate surface area is 633 Å². The van der Waals surface area contributed by atoms with Crippen LogP contribution in [-0.2, 0) is 40.1 Å². The Morgan fingerprint density at radius 2 is 0.736 bits per heavy atom. The summed E-state index contributed by atoms with van der Waals surface area (Å²) in [5.41, 5.74) is 11.7. The van der Waals surface area contributed by atoms with Crippen molar-refractivity contribution < 1.29 is 98.1 Å². The standard InChI is InChI=1S/C28H26F2N2O5.C24H18F2N2O5.C17H20N2O2.C11H7ClF2O3.C2H6/c1-16-8-11-22(31-23(16)17-6-5-7-18(14-17)24(33)37-26(2,3)4)32-25(34)27(12-13-27)19-9-10-20-21(15-19)36-28(29,30)35-20;1-13-5-8-19(27-20(13)14-3-2-4-15(11-14)21(29)30)28-22(31)23(9-10-23)16-6-7-17-18(12-16)33-24(25,26)32-17;1-11-8-9-14(18)19-15(11)12-6-5-7-13(10-12)16(20)21-17(2,3)4;12-9(15)10(3-4-10)6-1-2-7-8(5-6)17-11(13,14)16-7;1-2/h5-11,14-15H,12-13H2,1-4H3,(H,31,32,34);2-8,11-12H,9-10H2,1H3,(H,29,30)(H,27,28,31);5-10H,1-4H3,(H2,18,19);1-2,5H,3-4H2;1-2H3. The van der Waals surface area contributed by atoms with Gasteiger partial charge in [0.15, 0.2) is 34.5 Å². The SMILES string of the molecule is CC.Cc1ccc(N)nc1-c1cccc(C(=O)OC(C)(C)C)c1.Cc1ccc(NC(=O)C2(c3ccc4c(c3)OC(F)(F)O4)CC2)nc1-c1cccc(C(=O)O)c1.Cc1ccc(NC(=O)C2(c3ccc4c(c3)OC(F)(F)O4)CC2)nc1-c1cccc(C(=O)OC(C)(C)C)c1.O=C(Cl)C1(c2ccc3c(c2)OC(F)(F)O3)CC1. The van der Waals surface area contributed by atoms with E-state index in [1.807, 2.05) is 85.7 Å². The molecule has 28 heteroatoms. The lowest BCUT2D eigenvalue weighted by Crippen LogP contribution is -2.28. The number of nitrogens with two attached hydrogens (primary N) is 1. The van der Waals surface area contributed by atoms with Gasteiger partial charge in [-0.25, -0.2) is 29.3 Å². The van der Waals surface area contributed by atoms with Crippen LogP contribution in [0.25, 0.3) is 33.8 Å². The zero-order chi connectivity index (χ0) is 79.8. The van der Waals surface area contributed by atoms with E-state index in [0.29, 0.717) is 106 Å². The number of pyridine rings is 3. The highest BCUT2D eigenvalue weighted by molar-refractivity contribution is 6.66. The number of carboxylic acids is 1. The summed E-state index contributed by atoms with van der Waals surface area (Å²) in [6.45, 7) is 20.6. The van der Waals surface area contributed by atoms with Gasteiger partial charge in [-0.2, -0.15) is 0 Å². The summed E-state index contributed by atoms with van der Waals surface area (Å²) in [6, 6.07) is 44.4. The van der Waals surface area contributed by atoms with Crippen LogP contribution in [0.15, 0.2) is 164 Å². The van der Waals surface area contributed by atoms with E-state index < -0.39 is 63.5 Å². The van der Waals surface area contributed by atoms with Crippen molar-refractivity contribution in [2.45, 2.75) is 161 Å². The fourth-order valence-corrected chi connectivity index (χ4v) is 12.5. The van der Waals surface area contributed by atoms with Crippen molar-refractivity contribution in [2.24, 2.45) is 0 Å². The van der Waals surface area contributed by atoms with Crippen molar-refractivity contribution in [1.29, 1.82) is 0 Å². The topological polar surface area (TPSA) is 285 Å². The van der Waals surface area contributed by atoms with Crippen LogP contribution in [0.4, 0.5) is 43.8 Å². The molecule has 3 aromatic heterocycles. The summed E-state index contributed by atoms with van der Waals surface area (Å²) in [4.78, 5) is 87.2. The lowest BCUT2D eigenvalue weighted by atomic mass is 9.94. The minimum atomic E-state index is -3.72. The Morgan fingerprint density at radius 3 is 1.06 bits per heavy atom. The predicted molar refractivity (Wildman–Crippen MR) is 395 cm³/mol. The average molecular weight is 1540 g/mol. The highest BCUT2D eigenvalue weighted by atomic mass is 35.5. The van der Waals surface area contributed by atoms with Gasteiger partial charge in [0.2, 0.25) is 17.1 Å². The van der Waals surface area contributed by atoms with Crippen LogP contribution in [0.3, 0.4) is 0 Å². The Hall–Kier alpha value is -11.7. The second kappa shape index (κ2) is 30.4. The second-order valence-corrected chi connectivity index (χ2v) is 28.9. The number of alkyl halides is 6. The number of ether oxygens (including phenoxy) is 8. The number of fused-ring (bicyclic) bond motifs is 3. The molecule has 3 saturated carbocycles. The second-order valence-electron chi connectivity index (χ2n) is 28.6. The maximum atomic E-state index is 13.4. The molecular weight excluding hydrogens is 1460 g/mol. The summed E-state index contributed by atoms with van der Waals surface area (Å²) in [5, 5.41) is 14.5. The van der Waals surface area contributed by atoms with E-state index in [4.69, 9.17) is 26.8 Å². The molecule has 3 aliphatic heterocycles. The fourth-order valence-electron chi connectivity index (χ4n) is 12.2. The van der Waals surface area contributed by atoms with Crippen molar-refractivity contribution in [2.75, 3.05) is 16.4 Å². The first-order chi connectivity index (χ1) is 51.7. The Balaban J connectivity index is 0.000000150. The van der Waals surface area contributed by atoms with Gasteiger partial charge in [-0.05, 0) is 237 Å². The van der Waals surface area contributed by atoms with Gasteiger partial charge in [0.05, 0.1) is 50.0 Å². The van der Waals surface area contributed by atoms with Gasteiger partial charge >= 0.3 is 36.8 Å². The number of nitrogen functional groups attached to an aromatic ring is 1. The number of nitrogens with one attached hydrogen (secondary N) is 2. The lowest BCUT2D eigenvalue weighted by Gasteiger charge is -2.19. The third-order valence-corrected chi connectivity index (χ3v) is 18.4. The monoisotopic (exact) mass is 1530 g/mol. The number of aromatic carboxylic acids is 1. The Morgan fingerprint density at radius 1 is 0.427 bits per heavy atom. The highest BCUT2D eigenvalue weighted by Crippen LogP contribution is 2.56. The maximum absolute atomic E-state index is 13.4. The number of esters is 2. The minimum absolute atomic E-state index is 0.0310. The Bertz CT molecular complexity index is 5110. The molecule has 0 unspecified atom stereocenters. The fraction of sp³-hybridized carbons (Fsp3) is 0.305. The van der Waals surface area contributed by atoms with Gasteiger partial charge in [0.1, 0.15) is 28.7 Å². The number of aryl methyl sites for hydroxylation is 3. The maximum Gasteiger partial charge on any atom is 0.586 e. The number of nitrogens with zero attached hydrogens (tertiary/aromatic N) is 3. The van der Waals surface area contributed by atoms with Gasteiger partial charge in [0.25, 0.3) is 0 Å². The molecule has 6 aromatic carbocycles. The van der Waals surface area contributed by atoms with Crippen LogP contribution in [0, 0.1) is 20.8 Å². The molecule has 0 atom stereocenters. The zero-order valence-corrected chi connectivity index (χ0v) is 62.3. The normalized spacial score (nSPS) is 16.3. The summed E-state index contributed by atoms with van der Waals surface area (Å²) < 4.78 is 117. The number of aromatic nitrogens is 3. The molecule has 15 rings (SSSR count). The van der Waals surface area contributed by atoms with Crippen molar-refractivity contribution in [1.82, 2.24) is 15.0 Å².